The van der Waals surface area contributed by atoms with Gasteiger partial charge in [0.2, 0.25) is 0 Å². The molecule has 0 saturated heterocycles. The molecular formula is C14H19NO2. The number of rotatable bonds is 2. The van der Waals surface area contributed by atoms with Gasteiger partial charge >= 0.3 is 0 Å². The zero-order valence-electron chi connectivity index (χ0n) is 10.1. The molecule has 1 aromatic carbocycles. The molecule has 0 heterocycles. The number of hydrogen-bond donors (Lipinski definition) is 2. The van der Waals surface area contributed by atoms with Crippen LogP contribution in [0.1, 0.15) is 43.0 Å². The number of carbonyl (C=O) groups excluding carboxylic acids is 1. The average molecular weight is 233 g/mol. The van der Waals surface area contributed by atoms with E-state index in [9.17, 15) is 9.90 Å². The summed E-state index contributed by atoms with van der Waals surface area (Å²) >= 11 is 0. The Bertz CT molecular complexity index is 403. The Morgan fingerprint density at radius 2 is 2.24 bits per heavy atom. The molecule has 0 aliphatic heterocycles. The van der Waals surface area contributed by atoms with Crippen LogP contribution in [0.2, 0.25) is 0 Å². The van der Waals surface area contributed by atoms with Gasteiger partial charge in [-0.2, -0.15) is 0 Å². The Balaban J connectivity index is 1.97. The normalized spacial score (nSPS) is 24.3. The standard InChI is InChI=1S/C14H19NO2/c1-10-4-2-6-12(8-10)15-14(17)11-5-3-7-13(16)9-11/h3,5,7,9-10,12,16H,2,4,6,8H2,1H3,(H,15,17). The predicted molar refractivity (Wildman–Crippen MR) is 67.0 cm³/mol. The second-order valence-corrected chi connectivity index (χ2v) is 4.99. The van der Waals surface area contributed by atoms with Crippen LogP contribution in [-0.2, 0) is 0 Å². The van der Waals surface area contributed by atoms with Crippen LogP contribution in [0.5, 0.6) is 5.75 Å². The SMILES string of the molecule is CC1CCCC(NC(=O)c2cccc(O)c2)C1. The Morgan fingerprint density at radius 3 is 2.94 bits per heavy atom. The number of nitrogens with one attached hydrogen (secondary N) is 1. The first-order chi connectivity index (χ1) is 8.15. The van der Waals surface area contributed by atoms with E-state index >= 15 is 0 Å². The first-order valence-electron chi connectivity index (χ1n) is 6.25. The van der Waals surface area contributed by atoms with Crippen LogP contribution in [0.4, 0.5) is 0 Å². The molecule has 3 heteroatoms. The van der Waals surface area contributed by atoms with Crippen molar-refractivity contribution in [3.05, 3.63) is 29.8 Å². The summed E-state index contributed by atoms with van der Waals surface area (Å²) < 4.78 is 0. The minimum Gasteiger partial charge on any atom is -0.508 e. The maximum absolute atomic E-state index is 11.9. The monoisotopic (exact) mass is 233 g/mol. The summed E-state index contributed by atoms with van der Waals surface area (Å²) in [4.78, 5) is 11.9. The van der Waals surface area contributed by atoms with E-state index < -0.39 is 0 Å². The molecule has 1 aliphatic carbocycles. The maximum atomic E-state index is 11.9. The second kappa shape index (κ2) is 5.21. The van der Waals surface area contributed by atoms with Crippen molar-refractivity contribution in [2.24, 2.45) is 5.92 Å². The molecular weight excluding hydrogens is 214 g/mol. The van der Waals surface area contributed by atoms with Crippen LogP contribution in [0.3, 0.4) is 0 Å². The topological polar surface area (TPSA) is 49.3 Å². The van der Waals surface area contributed by atoms with Gasteiger partial charge < -0.3 is 10.4 Å². The average Bonchev–Trinajstić information content (AvgIpc) is 2.29. The van der Waals surface area contributed by atoms with Gasteiger partial charge in [0.1, 0.15) is 5.75 Å². The molecule has 2 atom stereocenters. The van der Waals surface area contributed by atoms with Crippen LogP contribution in [0.15, 0.2) is 24.3 Å². The molecule has 1 saturated carbocycles. The molecule has 3 nitrogen and oxygen atoms in total. The van der Waals surface area contributed by atoms with Crippen molar-refractivity contribution in [1.29, 1.82) is 0 Å². The molecule has 1 amide bonds. The van der Waals surface area contributed by atoms with Crippen molar-refractivity contribution in [2.45, 2.75) is 38.6 Å². The highest BCUT2D eigenvalue weighted by Crippen LogP contribution is 2.23. The fourth-order valence-corrected chi connectivity index (χ4v) is 2.48. The second-order valence-electron chi connectivity index (χ2n) is 4.99. The minimum atomic E-state index is -0.0833. The molecule has 0 bridgehead atoms. The van der Waals surface area contributed by atoms with Crippen LogP contribution in [0, 0.1) is 5.92 Å². The van der Waals surface area contributed by atoms with Gasteiger partial charge in [0.25, 0.3) is 5.91 Å². The van der Waals surface area contributed by atoms with E-state index in [1.807, 2.05) is 0 Å². The van der Waals surface area contributed by atoms with Gasteiger partial charge in [-0.15, -0.1) is 0 Å². The van der Waals surface area contributed by atoms with Crippen LogP contribution in [0.25, 0.3) is 0 Å². The van der Waals surface area contributed by atoms with E-state index in [4.69, 9.17) is 0 Å². The lowest BCUT2D eigenvalue weighted by atomic mass is 9.87. The molecule has 2 unspecified atom stereocenters. The lowest BCUT2D eigenvalue weighted by Crippen LogP contribution is -2.37. The van der Waals surface area contributed by atoms with Gasteiger partial charge in [0, 0.05) is 11.6 Å². The summed E-state index contributed by atoms with van der Waals surface area (Å²) in [5, 5.41) is 12.4. The number of amides is 1. The van der Waals surface area contributed by atoms with Gasteiger partial charge in [-0.3, -0.25) is 4.79 Å². The number of phenolic OH excluding ortho intramolecular Hbond substituents is 1. The largest absolute Gasteiger partial charge is 0.508 e. The lowest BCUT2D eigenvalue weighted by molar-refractivity contribution is 0.0921. The Hall–Kier alpha value is -1.51. The predicted octanol–water partition coefficient (Wildman–Crippen LogP) is 2.70. The summed E-state index contributed by atoms with van der Waals surface area (Å²) in [7, 11) is 0. The third-order valence-electron chi connectivity index (χ3n) is 3.38. The van der Waals surface area contributed by atoms with Crippen molar-refractivity contribution < 1.29 is 9.90 Å². The van der Waals surface area contributed by atoms with Crippen LogP contribution in [-0.4, -0.2) is 17.1 Å². The van der Waals surface area contributed by atoms with E-state index in [-0.39, 0.29) is 17.7 Å². The quantitative estimate of drug-likeness (QED) is 0.825. The summed E-state index contributed by atoms with van der Waals surface area (Å²) in [6.45, 7) is 2.23. The maximum Gasteiger partial charge on any atom is 0.251 e. The highest BCUT2D eigenvalue weighted by molar-refractivity contribution is 5.94. The Labute approximate surface area is 102 Å². The molecule has 1 aromatic rings. The Kier molecular flexibility index (Phi) is 3.67. The zero-order valence-corrected chi connectivity index (χ0v) is 10.1. The first-order valence-corrected chi connectivity index (χ1v) is 6.25. The first kappa shape index (κ1) is 12.0. The highest BCUT2D eigenvalue weighted by atomic mass is 16.3. The molecule has 1 aliphatic rings. The smallest absolute Gasteiger partial charge is 0.251 e. The van der Waals surface area contributed by atoms with E-state index in [1.54, 1.807) is 18.2 Å². The lowest BCUT2D eigenvalue weighted by Gasteiger charge is -2.27. The van der Waals surface area contributed by atoms with Gasteiger partial charge in [-0.05, 0) is 37.0 Å². The molecule has 0 radical (unpaired) electrons. The fourth-order valence-electron chi connectivity index (χ4n) is 2.48. The van der Waals surface area contributed by atoms with Gasteiger partial charge in [-0.1, -0.05) is 25.8 Å². The number of phenols is 1. The summed E-state index contributed by atoms with van der Waals surface area (Å²) in [5.74, 6) is 0.743. The molecule has 2 N–H and O–H groups in total. The summed E-state index contributed by atoms with van der Waals surface area (Å²) in [6.07, 6.45) is 4.57. The zero-order chi connectivity index (χ0) is 12.3. The van der Waals surface area contributed by atoms with Crippen molar-refractivity contribution in [1.82, 2.24) is 5.32 Å². The van der Waals surface area contributed by atoms with Crippen molar-refractivity contribution in [2.75, 3.05) is 0 Å². The van der Waals surface area contributed by atoms with E-state index in [2.05, 4.69) is 12.2 Å². The van der Waals surface area contributed by atoms with Gasteiger partial charge in [0.05, 0.1) is 0 Å². The van der Waals surface area contributed by atoms with Crippen molar-refractivity contribution in [3.8, 4) is 5.75 Å². The van der Waals surface area contributed by atoms with Gasteiger partial charge in [-0.25, -0.2) is 0 Å². The number of carbonyl (C=O) groups is 1. The third kappa shape index (κ3) is 3.22. The minimum absolute atomic E-state index is 0.0833. The molecule has 17 heavy (non-hydrogen) atoms. The number of aromatic hydroxyl groups is 1. The fraction of sp³-hybridized carbons (Fsp3) is 0.500. The number of benzene rings is 1. The third-order valence-corrected chi connectivity index (χ3v) is 3.38. The number of hydrogen-bond acceptors (Lipinski definition) is 2. The molecule has 1 fully saturated rings. The molecule has 92 valence electrons. The molecule has 2 rings (SSSR count). The Morgan fingerprint density at radius 1 is 1.41 bits per heavy atom. The van der Waals surface area contributed by atoms with E-state index in [0.29, 0.717) is 11.5 Å². The summed E-state index contributed by atoms with van der Waals surface area (Å²) in [6, 6.07) is 6.77. The van der Waals surface area contributed by atoms with Crippen LogP contribution < -0.4 is 5.32 Å². The van der Waals surface area contributed by atoms with E-state index in [1.165, 1.54) is 18.9 Å². The molecule has 0 spiro atoms. The van der Waals surface area contributed by atoms with Crippen molar-refractivity contribution in [3.63, 3.8) is 0 Å². The van der Waals surface area contributed by atoms with Crippen molar-refractivity contribution >= 4 is 5.91 Å². The summed E-state index contributed by atoms with van der Waals surface area (Å²) in [5.41, 5.74) is 0.531. The van der Waals surface area contributed by atoms with E-state index in [0.717, 1.165) is 12.8 Å². The molecule has 0 aromatic heterocycles. The highest BCUT2D eigenvalue weighted by Gasteiger charge is 2.20. The van der Waals surface area contributed by atoms with Gasteiger partial charge in [0.15, 0.2) is 0 Å². The van der Waals surface area contributed by atoms with Crippen LogP contribution >= 0.6 is 0 Å².